The van der Waals surface area contributed by atoms with E-state index in [1.165, 1.54) is 46.6 Å². The van der Waals surface area contributed by atoms with Crippen molar-refractivity contribution >= 4 is 49.6 Å². The Morgan fingerprint density at radius 1 is 1.14 bits per heavy atom. The number of nitrogens with one attached hydrogen (secondary N) is 1. The molecule has 1 aliphatic rings. The zero-order valence-corrected chi connectivity index (χ0v) is 17.6. The molecule has 146 valence electrons. The summed E-state index contributed by atoms with van der Waals surface area (Å²) in [5, 5.41) is 6.30. The SMILES string of the molecule is Cc1ccc(-c2csc(NC(=O)c3sc4nc5c(cc4c3N)CCCC5)n2)cc1. The Morgan fingerprint density at radius 2 is 1.93 bits per heavy atom. The highest BCUT2D eigenvalue weighted by Crippen LogP contribution is 2.36. The van der Waals surface area contributed by atoms with Gasteiger partial charge < -0.3 is 5.73 Å². The topological polar surface area (TPSA) is 80.9 Å². The van der Waals surface area contributed by atoms with E-state index in [0.29, 0.717) is 15.7 Å². The van der Waals surface area contributed by atoms with Gasteiger partial charge in [-0.3, -0.25) is 10.1 Å². The number of nitrogens with zero attached hydrogens (tertiary/aromatic N) is 2. The molecule has 5 nitrogen and oxygen atoms in total. The highest BCUT2D eigenvalue weighted by Gasteiger charge is 2.21. The summed E-state index contributed by atoms with van der Waals surface area (Å²) in [4.78, 5) is 23.6. The number of amides is 1. The van der Waals surface area contributed by atoms with Crippen molar-refractivity contribution in [3.63, 3.8) is 0 Å². The van der Waals surface area contributed by atoms with Gasteiger partial charge in [0.2, 0.25) is 0 Å². The number of hydrogen-bond acceptors (Lipinski definition) is 6. The largest absolute Gasteiger partial charge is 0.397 e. The van der Waals surface area contributed by atoms with E-state index in [2.05, 4.69) is 35.4 Å². The summed E-state index contributed by atoms with van der Waals surface area (Å²) < 4.78 is 0. The first-order valence-corrected chi connectivity index (χ1v) is 11.3. The van der Waals surface area contributed by atoms with Gasteiger partial charge in [-0.2, -0.15) is 0 Å². The molecule has 3 N–H and O–H groups in total. The molecule has 0 aliphatic heterocycles. The van der Waals surface area contributed by atoms with Crippen LogP contribution in [0.2, 0.25) is 0 Å². The van der Waals surface area contributed by atoms with Crippen molar-refractivity contribution < 1.29 is 4.79 Å². The number of carbonyl (C=O) groups is 1. The molecular formula is C22H20N4OS2. The average Bonchev–Trinajstić information content (AvgIpc) is 3.32. The van der Waals surface area contributed by atoms with E-state index in [1.807, 2.05) is 17.5 Å². The van der Waals surface area contributed by atoms with Crippen LogP contribution in [0.3, 0.4) is 0 Å². The summed E-state index contributed by atoms with van der Waals surface area (Å²) in [6, 6.07) is 10.3. The summed E-state index contributed by atoms with van der Waals surface area (Å²) in [7, 11) is 0. The number of nitrogens with two attached hydrogens (primary N) is 1. The number of thiophene rings is 1. The van der Waals surface area contributed by atoms with Crippen LogP contribution >= 0.6 is 22.7 Å². The summed E-state index contributed by atoms with van der Waals surface area (Å²) in [5.41, 5.74) is 12.3. The molecule has 1 amide bonds. The van der Waals surface area contributed by atoms with Crippen LogP contribution in [0.25, 0.3) is 21.5 Å². The maximum atomic E-state index is 12.9. The van der Waals surface area contributed by atoms with E-state index >= 15 is 0 Å². The molecule has 7 heteroatoms. The minimum absolute atomic E-state index is 0.228. The summed E-state index contributed by atoms with van der Waals surface area (Å²) >= 11 is 2.77. The van der Waals surface area contributed by atoms with E-state index < -0.39 is 0 Å². The van der Waals surface area contributed by atoms with E-state index in [9.17, 15) is 4.79 Å². The van der Waals surface area contributed by atoms with Crippen molar-refractivity contribution in [1.29, 1.82) is 0 Å². The third kappa shape index (κ3) is 3.41. The second kappa shape index (κ2) is 7.24. The molecule has 3 aromatic heterocycles. The van der Waals surface area contributed by atoms with Crippen LogP contribution in [0.15, 0.2) is 35.7 Å². The van der Waals surface area contributed by atoms with Gasteiger partial charge in [-0.05, 0) is 44.2 Å². The summed E-state index contributed by atoms with van der Waals surface area (Å²) in [6.45, 7) is 2.05. The number of anilines is 2. The first-order valence-electron chi connectivity index (χ1n) is 9.63. The Labute approximate surface area is 176 Å². The van der Waals surface area contributed by atoms with E-state index in [4.69, 9.17) is 10.7 Å². The minimum atomic E-state index is -0.228. The van der Waals surface area contributed by atoms with Crippen LogP contribution in [0.4, 0.5) is 10.8 Å². The standard InChI is InChI=1S/C22H20N4OS2/c1-12-6-8-13(9-7-12)17-11-28-22(25-17)26-20(27)19-18(23)15-10-14-4-2-3-5-16(14)24-21(15)29-19/h6-11H,2-5,23H2,1H3,(H,25,26,27). The molecule has 0 spiro atoms. The quantitative estimate of drug-likeness (QED) is 0.462. The van der Waals surface area contributed by atoms with Gasteiger partial charge in [0, 0.05) is 22.0 Å². The molecule has 5 rings (SSSR count). The number of fused-ring (bicyclic) bond motifs is 2. The van der Waals surface area contributed by atoms with Crippen LogP contribution in [0, 0.1) is 6.92 Å². The Hall–Kier alpha value is -2.77. The van der Waals surface area contributed by atoms with Crippen LogP contribution in [-0.2, 0) is 12.8 Å². The van der Waals surface area contributed by atoms with Crippen molar-refractivity contribution in [3.05, 3.63) is 57.4 Å². The molecule has 29 heavy (non-hydrogen) atoms. The maximum absolute atomic E-state index is 12.9. The lowest BCUT2D eigenvalue weighted by atomic mass is 9.95. The fraction of sp³-hybridized carbons (Fsp3) is 0.227. The van der Waals surface area contributed by atoms with Gasteiger partial charge in [0.15, 0.2) is 5.13 Å². The summed E-state index contributed by atoms with van der Waals surface area (Å²) in [6.07, 6.45) is 4.40. The smallest absolute Gasteiger partial charge is 0.269 e. The number of hydrogen-bond donors (Lipinski definition) is 2. The molecule has 0 atom stereocenters. The Kier molecular flexibility index (Phi) is 4.56. The van der Waals surface area contributed by atoms with Crippen LogP contribution < -0.4 is 11.1 Å². The van der Waals surface area contributed by atoms with Crippen LogP contribution in [-0.4, -0.2) is 15.9 Å². The van der Waals surface area contributed by atoms with E-state index in [-0.39, 0.29) is 5.91 Å². The van der Waals surface area contributed by atoms with Crippen LogP contribution in [0.1, 0.15) is 39.3 Å². The predicted octanol–water partition coefficient (Wildman–Crippen LogP) is 5.44. The first kappa shape index (κ1) is 18.3. The maximum Gasteiger partial charge on any atom is 0.269 e. The molecule has 0 saturated carbocycles. The summed E-state index contributed by atoms with van der Waals surface area (Å²) in [5.74, 6) is -0.228. The van der Waals surface area contributed by atoms with Crippen molar-refractivity contribution in [3.8, 4) is 11.3 Å². The lowest BCUT2D eigenvalue weighted by Crippen LogP contribution is -2.11. The van der Waals surface area contributed by atoms with Gasteiger partial charge >= 0.3 is 0 Å². The van der Waals surface area contributed by atoms with Crippen molar-refractivity contribution in [2.24, 2.45) is 0 Å². The highest BCUT2D eigenvalue weighted by molar-refractivity contribution is 7.21. The van der Waals surface area contributed by atoms with E-state index in [0.717, 1.165) is 40.0 Å². The number of aryl methyl sites for hydroxylation is 3. The second-order valence-corrected chi connectivity index (χ2v) is 9.21. The fourth-order valence-electron chi connectivity index (χ4n) is 3.67. The average molecular weight is 421 g/mol. The fourth-order valence-corrected chi connectivity index (χ4v) is 5.38. The lowest BCUT2D eigenvalue weighted by molar-refractivity contribution is 0.103. The van der Waals surface area contributed by atoms with Crippen molar-refractivity contribution in [2.45, 2.75) is 32.6 Å². The van der Waals surface area contributed by atoms with Gasteiger partial charge in [0.05, 0.1) is 11.4 Å². The second-order valence-electron chi connectivity index (χ2n) is 7.36. The number of aromatic nitrogens is 2. The lowest BCUT2D eigenvalue weighted by Gasteiger charge is -2.14. The van der Waals surface area contributed by atoms with Gasteiger partial charge in [-0.15, -0.1) is 22.7 Å². The monoisotopic (exact) mass is 420 g/mol. The molecule has 3 heterocycles. The third-order valence-corrected chi connectivity index (χ3v) is 7.15. The van der Waals surface area contributed by atoms with E-state index in [1.54, 1.807) is 0 Å². The van der Waals surface area contributed by atoms with Gasteiger partial charge in [-0.25, -0.2) is 9.97 Å². The number of nitrogen functional groups attached to an aromatic ring is 1. The first-order chi connectivity index (χ1) is 14.1. The molecule has 1 aliphatic carbocycles. The number of pyridine rings is 1. The van der Waals surface area contributed by atoms with Gasteiger partial charge in [0.25, 0.3) is 5.91 Å². The number of thiazole rings is 1. The van der Waals surface area contributed by atoms with Crippen LogP contribution in [0.5, 0.6) is 0 Å². The number of carbonyl (C=O) groups excluding carboxylic acids is 1. The molecule has 4 aromatic rings. The van der Waals surface area contributed by atoms with Gasteiger partial charge in [-0.1, -0.05) is 29.8 Å². The van der Waals surface area contributed by atoms with Gasteiger partial charge in [0.1, 0.15) is 9.71 Å². The highest BCUT2D eigenvalue weighted by atomic mass is 32.1. The zero-order chi connectivity index (χ0) is 20.0. The molecule has 0 unspecified atom stereocenters. The molecular weight excluding hydrogens is 400 g/mol. The van der Waals surface area contributed by atoms with Crippen molar-refractivity contribution in [1.82, 2.24) is 9.97 Å². The Morgan fingerprint density at radius 3 is 2.76 bits per heavy atom. The number of benzene rings is 1. The van der Waals surface area contributed by atoms with Crippen molar-refractivity contribution in [2.75, 3.05) is 11.1 Å². The Balaban J connectivity index is 1.41. The zero-order valence-electron chi connectivity index (χ0n) is 16.0. The molecule has 0 fully saturated rings. The third-order valence-electron chi connectivity index (χ3n) is 5.28. The Bertz CT molecular complexity index is 1220. The molecule has 0 saturated heterocycles. The molecule has 1 aromatic carbocycles. The molecule has 0 radical (unpaired) electrons. The number of rotatable bonds is 3. The normalized spacial score (nSPS) is 13.4. The molecule has 0 bridgehead atoms. The minimum Gasteiger partial charge on any atom is -0.397 e. The predicted molar refractivity (Wildman–Crippen MR) is 121 cm³/mol.